The number of amides is 1. The summed E-state index contributed by atoms with van der Waals surface area (Å²) in [7, 11) is 0. The lowest BCUT2D eigenvalue weighted by Crippen LogP contribution is -2.23. The zero-order chi connectivity index (χ0) is 13.5. The van der Waals surface area contributed by atoms with Crippen molar-refractivity contribution in [3.05, 3.63) is 36.0 Å². The van der Waals surface area contributed by atoms with Crippen LogP contribution in [0, 0.1) is 0 Å². The fourth-order valence-corrected chi connectivity index (χ4v) is 1.44. The van der Waals surface area contributed by atoms with Gasteiger partial charge in [-0.2, -0.15) is 5.10 Å². The Kier molecular flexibility index (Phi) is 4.44. The van der Waals surface area contributed by atoms with Crippen LogP contribution in [0.5, 0.6) is 0 Å². The number of anilines is 1. The lowest BCUT2D eigenvalue weighted by Gasteiger charge is -2.05. The summed E-state index contributed by atoms with van der Waals surface area (Å²) in [5.74, 6) is 0.420. The minimum Gasteiger partial charge on any atom is -0.369 e. The molecule has 2 aromatic rings. The lowest BCUT2D eigenvalue weighted by atomic mass is 10.3. The van der Waals surface area contributed by atoms with E-state index in [0.29, 0.717) is 18.1 Å². The van der Waals surface area contributed by atoms with E-state index in [-0.39, 0.29) is 5.91 Å². The van der Waals surface area contributed by atoms with E-state index in [4.69, 9.17) is 0 Å². The van der Waals surface area contributed by atoms with Crippen molar-refractivity contribution in [2.75, 3.05) is 11.9 Å². The van der Waals surface area contributed by atoms with Crippen LogP contribution in [0.15, 0.2) is 24.8 Å². The summed E-state index contributed by atoms with van der Waals surface area (Å²) in [6.45, 7) is 3.31. The third-order valence-electron chi connectivity index (χ3n) is 2.45. The van der Waals surface area contributed by atoms with E-state index in [2.05, 4.69) is 37.7 Å². The quantitative estimate of drug-likeness (QED) is 0.718. The molecule has 0 bridgehead atoms. The molecule has 0 aliphatic heterocycles. The highest BCUT2D eigenvalue weighted by molar-refractivity contribution is 5.91. The van der Waals surface area contributed by atoms with Crippen LogP contribution in [0.2, 0.25) is 0 Å². The Morgan fingerprint density at radius 3 is 2.84 bits per heavy atom. The largest absolute Gasteiger partial charge is 0.369 e. The maximum Gasteiger partial charge on any atom is 0.271 e. The first-order valence-electron chi connectivity index (χ1n) is 6.11. The minimum atomic E-state index is -0.254. The molecule has 7 nitrogen and oxygen atoms in total. The maximum absolute atomic E-state index is 11.8. The fraction of sp³-hybridized carbons (Fsp3) is 0.333. The molecule has 0 aromatic carbocycles. The Labute approximate surface area is 110 Å². The Balaban J connectivity index is 1.88. The van der Waals surface area contributed by atoms with Crippen LogP contribution in [0.1, 0.15) is 29.4 Å². The van der Waals surface area contributed by atoms with Gasteiger partial charge in [-0.05, 0) is 6.42 Å². The highest BCUT2D eigenvalue weighted by Crippen LogP contribution is 2.01. The molecule has 0 radical (unpaired) electrons. The molecule has 0 saturated heterocycles. The highest BCUT2D eigenvalue weighted by atomic mass is 16.1. The van der Waals surface area contributed by atoms with Crippen LogP contribution >= 0.6 is 0 Å². The minimum absolute atomic E-state index is 0.254. The van der Waals surface area contributed by atoms with Crippen molar-refractivity contribution in [2.24, 2.45) is 0 Å². The molecule has 3 N–H and O–H groups in total. The third kappa shape index (κ3) is 3.77. The molecule has 0 spiro atoms. The number of hydrogen-bond donors (Lipinski definition) is 3. The third-order valence-corrected chi connectivity index (χ3v) is 2.45. The zero-order valence-corrected chi connectivity index (χ0v) is 10.7. The van der Waals surface area contributed by atoms with Crippen LogP contribution in [0.4, 0.5) is 5.82 Å². The van der Waals surface area contributed by atoms with Crippen LogP contribution < -0.4 is 10.6 Å². The van der Waals surface area contributed by atoms with Gasteiger partial charge in [0.05, 0.1) is 18.6 Å². The molecule has 1 amide bonds. The van der Waals surface area contributed by atoms with Crippen molar-refractivity contribution in [1.29, 1.82) is 0 Å². The normalized spacial score (nSPS) is 10.2. The van der Waals surface area contributed by atoms with Crippen molar-refractivity contribution in [3.8, 4) is 0 Å². The molecule has 19 heavy (non-hydrogen) atoms. The van der Waals surface area contributed by atoms with E-state index < -0.39 is 0 Å². The van der Waals surface area contributed by atoms with Crippen molar-refractivity contribution < 1.29 is 4.79 Å². The molecular formula is C12H16N6O. The maximum atomic E-state index is 11.8. The molecule has 0 aliphatic rings. The van der Waals surface area contributed by atoms with E-state index in [1.165, 1.54) is 6.20 Å². The summed E-state index contributed by atoms with van der Waals surface area (Å²) in [6.07, 6.45) is 7.41. The first-order valence-corrected chi connectivity index (χ1v) is 6.11. The van der Waals surface area contributed by atoms with Gasteiger partial charge in [-0.25, -0.2) is 9.97 Å². The van der Waals surface area contributed by atoms with Crippen molar-refractivity contribution >= 4 is 11.7 Å². The predicted molar refractivity (Wildman–Crippen MR) is 70.6 cm³/mol. The first kappa shape index (κ1) is 13.0. The summed E-state index contributed by atoms with van der Waals surface area (Å²) in [6, 6.07) is 0. The molecule has 2 aromatic heterocycles. The average Bonchev–Trinajstić information content (AvgIpc) is 2.96. The number of carbonyl (C=O) groups is 1. The van der Waals surface area contributed by atoms with Gasteiger partial charge in [0.15, 0.2) is 0 Å². The lowest BCUT2D eigenvalue weighted by molar-refractivity contribution is 0.0945. The number of H-pyrrole nitrogens is 1. The van der Waals surface area contributed by atoms with Crippen LogP contribution in [0.25, 0.3) is 0 Å². The van der Waals surface area contributed by atoms with E-state index >= 15 is 0 Å². The smallest absolute Gasteiger partial charge is 0.271 e. The molecule has 100 valence electrons. The molecule has 0 unspecified atom stereocenters. The van der Waals surface area contributed by atoms with Gasteiger partial charge in [0, 0.05) is 24.8 Å². The van der Waals surface area contributed by atoms with Gasteiger partial charge >= 0.3 is 0 Å². The molecule has 7 heteroatoms. The van der Waals surface area contributed by atoms with Gasteiger partial charge in [0.1, 0.15) is 11.5 Å². The van der Waals surface area contributed by atoms with Crippen LogP contribution in [-0.4, -0.2) is 32.6 Å². The second-order valence-corrected chi connectivity index (χ2v) is 4.00. The zero-order valence-electron chi connectivity index (χ0n) is 10.7. The SMILES string of the molecule is CCCNc1cnc(C(=O)NCc2cn[nH]c2)cn1. The van der Waals surface area contributed by atoms with E-state index in [0.717, 1.165) is 18.5 Å². The van der Waals surface area contributed by atoms with Gasteiger partial charge in [-0.1, -0.05) is 6.92 Å². The highest BCUT2D eigenvalue weighted by Gasteiger charge is 2.07. The molecule has 2 heterocycles. The number of aromatic amines is 1. The molecule has 0 fully saturated rings. The second kappa shape index (κ2) is 6.48. The summed E-state index contributed by atoms with van der Waals surface area (Å²) in [5, 5.41) is 12.3. The number of aromatic nitrogens is 4. The first-order chi connectivity index (χ1) is 9.29. The molecule has 0 atom stereocenters. The van der Waals surface area contributed by atoms with Gasteiger partial charge in [-0.3, -0.25) is 9.89 Å². The monoisotopic (exact) mass is 260 g/mol. The number of nitrogens with one attached hydrogen (secondary N) is 3. The molecule has 2 rings (SSSR count). The fourth-order valence-electron chi connectivity index (χ4n) is 1.44. The topological polar surface area (TPSA) is 95.6 Å². The standard InChI is InChI=1S/C12H16N6O/c1-2-3-13-11-8-14-10(7-15-11)12(19)16-4-9-5-17-18-6-9/h5-8H,2-4H2,1H3,(H,13,15)(H,16,19)(H,17,18). The summed E-state index contributed by atoms with van der Waals surface area (Å²) in [4.78, 5) is 20.0. The molecule has 0 saturated carbocycles. The Morgan fingerprint density at radius 1 is 1.32 bits per heavy atom. The predicted octanol–water partition coefficient (Wildman–Crippen LogP) is 0.952. The van der Waals surface area contributed by atoms with E-state index in [1.807, 2.05) is 0 Å². The Morgan fingerprint density at radius 2 is 2.21 bits per heavy atom. The van der Waals surface area contributed by atoms with Crippen LogP contribution in [0.3, 0.4) is 0 Å². The number of rotatable bonds is 6. The van der Waals surface area contributed by atoms with Gasteiger partial charge in [0.25, 0.3) is 5.91 Å². The summed E-state index contributed by atoms with van der Waals surface area (Å²) < 4.78 is 0. The number of carbonyl (C=O) groups excluding carboxylic acids is 1. The van der Waals surface area contributed by atoms with Gasteiger partial charge < -0.3 is 10.6 Å². The van der Waals surface area contributed by atoms with Crippen molar-refractivity contribution in [3.63, 3.8) is 0 Å². The van der Waals surface area contributed by atoms with Crippen molar-refractivity contribution in [2.45, 2.75) is 19.9 Å². The molecular weight excluding hydrogens is 244 g/mol. The Hall–Kier alpha value is -2.44. The van der Waals surface area contributed by atoms with Gasteiger partial charge in [0.2, 0.25) is 0 Å². The number of nitrogens with zero attached hydrogens (tertiary/aromatic N) is 3. The van der Waals surface area contributed by atoms with Crippen molar-refractivity contribution in [1.82, 2.24) is 25.5 Å². The Bertz CT molecular complexity index is 508. The van der Waals surface area contributed by atoms with Gasteiger partial charge in [-0.15, -0.1) is 0 Å². The summed E-state index contributed by atoms with van der Waals surface area (Å²) in [5.41, 5.74) is 1.20. The van der Waals surface area contributed by atoms with E-state index in [1.54, 1.807) is 18.6 Å². The molecule has 0 aliphatic carbocycles. The second-order valence-electron chi connectivity index (χ2n) is 4.00. The average molecular weight is 260 g/mol. The number of hydrogen-bond acceptors (Lipinski definition) is 5. The van der Waals surface area contributed by atoms with Crippen LogP contribution in [-0.2, 0) is 6.54 Å². The summed E-state index contributed by atoms with van der Waals surface area (Å²) >= 11 is 0. The van der Waals surface area contributed by atoms with E-state index in [9.17, 15) is 4.79 Å².